The molecule has 0 fully saturated rings. The Kier molecular flexibility index (Phi) is 4.11. The highest BCUT2D eigenvalue weighted by atomic mass is 32.2. The Morgan fingerprint density at radius 3 is 2.33 bits per heavy atom. The minimum Gasteiger partial charge on any atom is -0.319 e. The van der Waals surface area contributed by atoms with Gasteiger partial charge in [-0.25, -0.2) is 8.42 Å². The number of rotatable bonds is 5. The van der Waals surface area contributed by atoms with Gasteiger partial charge in [0, 0.05) is 12.2 Å². The molecule has 2 N–H and O–H groups in total. The Hall–Kier alpha value is -1.07. The molecule has 0 unspecified atom stereocenters. The second-order valence-electron chi connectivity index (χ2n) is 3.39. The number of aryl methyl sites for hydroxylation is 1. The van der Waals surface area contributed by atoms with E-state index in [0.29, 0.717) is 12.2 Å². The Morgan fingerprint density at radius 1 is 1.20 bits per heavy atom. The smallest absolute Gasteiger partial charge is 0.233 e. The number of sulfonamides is 1. The van der Waals surface area contributed by atoms with Gasteiger partial charge < -0.3 is 5.32 Å². The lowest BCUT2D eigenvalue weighted by atomic mass is 10.2. The van der Waals surface area contributed by atoms with Crippen molar-refractivity contribution in [1.82, 2.24) is 5.32 Å². The molecule has 0 saturated carbocycles. The first-order valence-corrected chi connectivity index (χ1v) is 6.40. The van der Waals surface area contributed by atoms with Gasteiger partial charge in [-0.05, 0) is 26.1 Å². The molecule has 5 heteroatoms. The number of benzene rings is 1. The lowest BCUT2D eigenvalue weighted by Crippen LogP contribution is -2.24. The van der Waals surface area contributed by atoms with Gasteiger partial charge in [0.15, 0.2) is 0 Å². The molecule has 1 aromatic rings. The molecular formula is C10H16N2O2S. The molecule has 0 aliphatic heterocycles. The Bertz CT molecular complexity index is 398. The molecule has 0 atom stereocenters. The average Bonchev–Trinajstić information content (AvgIpc) is 2.18. The number of nitrogens with one attached hydrogen (secondary N) is 2. The van der Waals surface area contributed by atoms with Crippen molar-refractivity contribution < 1.29 is 8.42 Å². The van der Waals surface area contributed by atoms with Gasteiger partial charge in [-0.1, -0.05) is 17.7 Å². The second kappa shape index (κ2) is 5.14. The third-order valence-electron chi connectivity index (χ3n) is 1.95. The van der Waals surface area contributed by atoms with E-state index in [1.165, 1.54) is 0 Å². The molecule has 84 valence electrons. The molecule has 0 spiro atoms. The van der Waals surface area contributed by atoms with Crippen LogP contribution in [0.5, 0.6) is 0 Å². The maximum absolute atomic E-state index is 11.5. The fourth-order valence-electron chi connectivity index (χ4n) is 1.09. The summed E-state index contributed by atoms with van der Waals surface area (Å²) in [5.41, 5.74) is 1.71. The highest BCUT2D eigenvalue weighted by molar-refractivity contribution is 7.92. The highest BCUT2D eigenvalue weighted by Gasteiger charge is 2.08. The zero-order chi connectivity index (χ0) is 11.3. The minimum atomic E-state index is -3.22. The van der Waals surface area contributed by atoms with Crippen molar-refractivity contribution in [3.63, 3.8) is 0 Å². The van der Waals surface area contributed by atoms with Crippen LogP contribution in [0.15, 0.2) is 24.3 Å². The van der Waals surface area contributed by atoms with Crippen LogP contribution in [0.4, 0.5) is 5.69 Å². The summed E-state index contributed by atoms with van der Waals surface area (Å²) in [7, 11) is -1.50. The molecule has 0 heterocycles. The predicted octanol–water partition coefficient (Wildman–Crippen LogP) is 0.956. The van der Waals surface area contributed by atoms with Gasteiger partial charge in [0.25, 0.3) is 0 Å². The van der Waals surface area contributed by atoms with Crippen molar-refractivity contribution in [1.29, 1.82) is 0 Å². The van der Waals surface area contributed by atoms with Crippen LogP contribution in [0, 0.1) is 6.92 Å². The van der Waals surface area contributed by atoms with Crippen molar-refractivity contribution in [2.24, 2.45) is 0 Å². The molecule has 4 nitrogen and oxygen atoms in total. The molecule has 0 saturated heterocycles. The number of hydrogen-bond acceptors (Lipinski definition) is 3. The Labute approximate surface area is 90.8 Å². The van der Waals surface area contributed by atoms with Gasteiger partial charge in [-0.2, -0.15) is 0 Å². The average molecular weight is 228 g/mol. The Balaban J connectivity index is 2.65. The number of hydrogen-bond donors (Lipinski definition) is 2. The van der Waals surface area contributed by atoms with Gasteiger partial charge in [-0.15, -0.1) is 0 Å². The summed E-state index contributed by atoms with van der Waals surface area (Å²) in [5, 5.41) is 2.80. The van der Waals surface area contributed by atoms with E-state index < -0.39 is 10.0 Å². The zero-order valence-electron chi connectivity index (χ0n) is 8.95. The molecule has 1 aromatic carbocycles. The van der Waals surface area contributed by atoms with E-state index >= 15 is 0 Å². The lowest BCUT2D eigenvalue weighted by molar-refractivity contribution is 0.599. The molecule has 15 heavy (non-hydrogen) atoms. The first-order valence-electron chi connectivity index (χ1n) is 4.75. The van der Waals surface area contributed by atoms with Crippen LogP contribution in [0.1, 0.15) is 5.56 Å². The molecule has 0 aliphatic carbocycles. The topological polar surface area (TPSA) is 58.2 Å². The predicted molar refractivity (Wildman–Crippen MR) is 62.5 cm³/mol. The molecule has 0 amide bonds. The summed E-state index contributed by atoms with van der Waals surface area (Å²) in [6, 6.07) is 7.25. The van der Waals surface area contributed by atoms with Crippen LogP contribution in [-0.2, 0) is 10.0 Å². The molecule has 0 bridgehead atoms. The van der Waals surface area contributed by atoms with E-state index in [9.17, 15) is 8.42 Å². The Morgan fingerprint density at radius 2 is 1.80 bits per heavy atom. The third-order valence-corrected chi connectivity index (χ3v) is 3.23. The highest BCUT2D eigenvalue weighted by Crippen LogP contribution is 2.10. The monoisotopic (exact) mass is 228 g/mol. The summed E-state index contributed by atoms with van der Waals surface area (Å²) in [6.07, 6.45) is 0. The summed E-state index contributed by atoms with van der Waals surface area (Å²) in [4.78, 5) is 0. The van der Waals surface area contributed by atoms with E-state index in [-0.39, 0.29) is 5.75 Å². The SMILES string of the molecule is CNCCS(=O)(=O)Nc1ccc(C)cc1. The maximum atomic E-state index is 11.5. The molecule has 0 aromatic heterocycles. The quantitative estimate of drug-likeness (QED) is 0.789. The molecule has 0 radical (unpaired) electrons. The van der Waals surface area contributed by atoms with Crippen LogP contribution >= 0.6 is 0 Å². The van der Waals surface area contributed by atoms with Crippen LogP contribution in [0.25, 0.3) is 0 Å². The minimum absolute atomic E-state index is 0.0807. The van der Waals surface area contributed by atoms with Crippen molar-refractivity contribution in [2.45, 2.75) is 6.92 Å². The van der Waals surface area contributed by atoms with E-state index in [4.69, 9.17) is 0 Å². The standard InChI is InChI=1S/C10H16N2O2S/c1-9-3-5-10(6-4-9)12-15(13,14)8-7-11-2/h3-6,11-12H,7-8H2,1-2H3. The van der Waals surface area contributed by atoms with Crippen LogP contribution in [-0.4, -0.2) is 27.8 Å². The van der Waals surface area contributed by atoms with Gasteiger partial charge in [0.1, 0.15) is 0 Å². The first-order chi connectivity index (χ1) is 7.03. The van der Waals surface area contributed by atoms with Gasteiger partial charge >= 0.3 is 0 Å². The third kappa shape index (κ3) is 4.31. The molecule has 1 rings (SSSR count). The van der Waals surface area contributed by atoms with Gasteiger partial charge in [0.2, 0.25) is 10.0 Å². The fourth-order valence-corrected chi connectivity index (χ4v) is 2.16. The van der Waals surface area contributed by atoms with Crippen LogP contribution in [0.3, 0.4) is 0 Å². The molecular weight excluding hydrogens is 212 g/mol. The van der Waals surface area contributed by atoms with E-state index in [1.54, 1.807) is 19.2 Å². The summed E-state index contributed by atoms with van der Waals surface area (Å²) in [6.45, 7) is 2.40. The summed E-state index contributed by atoms with van der Waals surface area (Å²) >= 11 is 0. The van der Waals surface area contributed by atoms with E-state index in [1.807, 2.05) is 19.1 Å². The van der Waals surface area contributed by atoms with Gasteiger partial charge in [0.05, 0.1) is 5.75 Å². The maximum Gasteiger partial charge on any atom is 0.233 e. The second-order valence-corrected chi connectivity index (χ2v) is 5.23. The van der Waals surface area contributed by atoms with Crippen molar-refractivity contribution >= 4 is 15.7 Å². The van der Waals surface area contributed by atoms with Crippen molar-refractivity contribution in [3.8, 4) is 0 Å². The lowest BCUT2D eigenvalue weighted by Gasteiger charge is -2.07. The van der Waals surface area contributed by atoms with E-state index in [2.05, 4.69) is 10.0 Å². The summed E-state index contributed by atoms with van der Waals surface area (Å²) < 4.78 is 25.5. The fraction of sp³-hybridized carbons (Fsp3) is 0.400. The van der Waals surface area contributed by atoms with Crippen LogP contribution in [0.2, 0.25) is 0 Å². The van der Waals surface area contributed by atoms with Crippen LogP contribution < -0.4 is 10.0 Å². The number of anilines is 1. The zero-order valence-corrected chi connectivity index (χ0v) is 9.76. The summed E-state index contributed by atoms with van der Waals surface area (Å²) in [5.74, 6) is 0.0807. The van der Waals surface area contributed by atoms with Gasteiger partial charge in [-0.3, -0.25) is 4.72 Å². The molecule has 0 aliphatic rings. The van der Waals surface area contributed by atoms with Crippen molar-refractivity contribution in [2.75, 3.05) is 24.1 Å². The normalized spacial score (nSPS) is 11.3. The first kappa shape index (κ1) is 12.0. The van der Waals surface area contributed by atoms with Crippen molar-refractivity contribution in [3.05, 3.63) is 29.8 Å². The largest absolute Gasteiger partial charge is 0.319 e. The van der Waals surface area contributed by atoms with E-state index in [0.717, 1.165) is 5.56 Å².